The van der Waals surface area contributed by atoms with Gasteiger partial charge in [0.1, 0.15) is 0 Å². The quantitative estimate of drug-likeness (QED) is 0.559. The molecule has 1 aliphatic rings. The number of ether oxygens (including phenoxy) is 8. The van der Waals surface area contributed by atoms with Crippen LogP contribution in [0.5, 0.6) is 23.0 Å². The smallest absolute Gasteiger partial charge is 0.340 e. The van der Waals surface area contributed by atoms with E-state index in [2.05, 4.69) is 0 Å². The van der Waals surface area contributed by atoms with Gasteiger partial charge in [-0.15, -0.1) is 0 Å². The van der Waals surface area contributed by atoms with E-state index in [1.165, 1.54) is 52.7 Å². The molecule has 172 valence electrons. The van der Waals surface area contributed by atoms with Crippen molar-refractivity contribution in [3.8, 4) is 23.0 Å². The third kappa shape index (κ3) is 5.21. The molecule has 1 aliphatic heterocycles. The maximum Gasteiger partial charge on any atom is 0.340 e. The molecule has 3 rings (SSSR count). The molecule has 1 saturated heterocycles. The Morgan fingerprint density at radius 1 is 0.656 bits per heavy atom. The van der Waals surface area contributed by atoms with Crippen LogP contribution in [0.25, 0.3) is 0 Å². The SMILES string of the molecule is COc1ccc(C(=O)O[C@H]2OCCO[C@H]2OC(=O)c2ccc(OC)c(OC)c2)cc1OC. The third-order valence-electron chi connectivity index (χ3n) is 4.55. The summed E-state index contributed by atoms with van der Waals surface area (Å²) in [5, 5.41) is 0. The van der Waals surface area contributed by atoms with Gasteiger partial charge in [-0.2, -0.15) is 0 Å². The number of esters is 2. The Kier molecular flexibility index (Phi) is 7.74. The van der Waals surface area contributed by atoms with Crippen LogP contribution < -0.4 is 18.9 Å². The maximum absolute atomic E-state index is 12.6. The second-order valence-electron chi connectivity index (χ2n) is 6.43. The van der Waals surface area contributed by atoms with Crippen molar-refractivity contribution in [3.05, 3.63) is 47.5 Å². The number of rotatable bonds is 8. The maximum atomic E-state index is 12.6. The van der Waals surface area contributed by atoms with E-state index in [-0.39, 0.29) is 24.3 Å². The molecular weight excluding hydrogens is 424 g/mol. The number of hydrogen-bond acceptors (Lipinski definition) is 10. The van der Waals surface area contributed by atoms with Crippen molar-refractivity contribution < 1.29 is 47.5 Å². The molecule has 1 fully saturated rings. The fourth-order valence-corrected chi connectivity index (χ4v) is 2.94. The van der Waals surface area contributed by atoms with E-state index in [9.17, 15) is 9.59 Å². The van der Waals surface area contributed by atoms with Crippen LogP contribution in [0, 0.1) is 0 Å². The van der Waals surface area contributed by atoms with Crippen LogP contribution in [0.2, 0.25) is 0 Å². The lowest BCUT2D eigenvalue weighted by Crippen LogP contribution is -2.44. The van der Waals surface area contributed by atoms with Gasteiger partial charge < -0.3 is 37.9 Å². The van der Waals surface area contributed by atoms with Crippen LogP contribution in [0.4, 0.5) is 0 Å². The minimum absolute atomic E-state index is 0.161. The molecule has 0 bridgehead atoms. The van der Waals surface area contributed by atoms with Gasteiger partial charge in [0.15, 0.2) is 23.0 Å². The number of hydrogen-bond donors (Lipinski definition) is 0. The van der Waals surface area contributed by atoms with Gasteiger partial charge in [-0.1, -0.05) is 0 Å². The molecule has 10 heteroatoms. The Balaban J connectivity index is 1.71. The average Bonchev–Trinajstić information content (AvgIpc) is 2.84. The van der Waals surface area contributed by atoms with Gasteiger partial charge >= 0.3 is 11.9 Å². The van der Waals surface area contributed by atoms with Crippen LogP contribution in [-0.4, -0.2) is 66.2 Å². The zero-order valence-corrected chi connectivity index (χ0v) is 18.1. The minimum Gasteiger partial charge on any atom is -0.493 e. The van der Waals surface area contributed by atoms with E-state index in [0.29, 0.717) is 23.0 Å². The third-order valence-corrected chi connectivity index (χ3v) is 4.55. The summed E-state index contributed by atoms with van der Waals surface area (Å²) in [5.74, 6) is 0.215. The summed E-state index contributed by atoms with van der Waals surface area (Å²) < 4.78 is 42.4. The molecular formula is C22H24O10. The van der Waals surface area contributed by atoms with E-state index in [1.807, 2.05) is 0 Å². The average molecular weight is 448 g/mol. The summed E-state index contributed by atoms with van der Waals surface area (Å²) in [7, 11) is 5.88. The first-order valence-corrected chi connectivity index (χ1v) is 9.60. The fraction of sp³-hybridized carbons (Fsp3) is 0.364. The zero-order chi connectivity index (χ0) is 23.1. The molecule has 0 saturated carbocycles. The second-order valence-corrected chi connectivity index (χ2v) is 6.43. The van der Waals surface area contributed by atoms with Crippen molar-refractivity contribution in [1.29, 1.82) is 0 Å². The van der Waals surface area contributed by atoms with E-state index in [1.54, 1.807) is 12.1 Å². The van der Waals surface area contributed by atoms with Gasteiger partial charge in [0.25, 0.3) is 12.6 Å². The normalized spacial score (nSPS) is 17.8. The van der Waals surface area contributed by atoms with Crippen LogP contribution in [0.15, 0.2) is 36.4 Å². The highest BCUT2D eigenvalue weighted by Gasteiger charge is 2.34. The number of carbonyl (C=O) groups excluding carboxylic acids is 2. The first kappa shape index (κ1) is 23.2. The molecule has 0 radical (unpaired) electrons. The first-order chi connectivity index (χ1) is 15.5. The van der Waals surface area contributed by atoms with Crippen LogP contribution in [-0.2, 0) is 18.9 Å². The van der Waals surface area contributed by atoms with E-state index < -0.39 is 24.5 Å². The lowest BCUT2D eigenvalue weighted by Gasteiger charge is -2.30. The van der Waals surface area contributed by atoms with Crippen molar-refractivity contribution in [2.45, 2.75) is 12.6 Å². The molecule has 0 spiro atoms. The molecule has 0 unspecified atom stereocenters. The Labute approximate surface area is 184 Å². The molecule has 32 heavy (non-hydrogen) atoms. The molecule has 2 aromatic rings. The molecule has 0 amide bonds. The lowest BCUT2D eigenvalue weighted by atomic mass is 10.2. The number of carbonyl (C=O) groups is 2. The lowest BCUT2D eigenvalue weighted by molar-refractivity contribution is -0.288. The Morgan fingerprint density at radius 2 is 1.03 bits per heavy atom. The predicted molar refractivity (Wildman–Crippen MR) is 109 cm³/mol. The minimum atomic E-state index is -1.26. The number of methoxy groups -OCH3 is 4. The molecule has 2 atom stereocenters. The molecule has 0 aromatic heterocycles. The molecule has 10 nitrogen and oxygen atoms in total. The van der Waals surface area contributed by atoms with E-state index in [0.717, 1.165) is 0 Å². The summed E-state index contributed by atoms with van der Waals surface area (Å²) in [6.45, 7) is 0.322. The van der Waals surface area contributed by atoms with Gasteiger partial charge in [0.2, 0.25) is 0 Å². The van der Waals surface area contributed by atoms with Crippen molar-refractivity contribution in [2.24, 2.45) is 0 Å². The Bertz CT molecular complexity index is 880. The summed E-state index contributed by atoms with van der Waals surface area (Å²) in [6.07, 6.45) is -2.51. The second kappa shape index (κ2) is 10.7. The van der Waals surface area contributed by atoms with Crippen molar-refractivity contribution in [2.75, 3.05) is 41.7 Å². The van der Waals surface area contributed by atoms with Crippen LogP contribution in [0.3, 0.4) is 0 Å². The van der Waals surface area contributed by atoms with E-state index >= 15 is 0 Å². The zero-order valence-electron chi connectivity index (χ0n) is 18.1. The molecule has 1 heterocycles. The van der Waals surface area contributed by atoms with Gasteiger partial charge in [-0.3, -0.25) is 0 Å². The summed E-state index contributed by atoms with van der Waals surface area (Å²) in [4.78, 5) is 25.2. The fourth-order valence-electron chi connectivity index (χ4n) is 2.94. The van der Waals surface area contributed by atoms with E-state index in [4.69, 9.17) is 37.9 Å². The highest BCUT2D eigenvalue weighted by Crippen LogP contribution is 2.29. The first-order valence-electron chi connectivity index (χ1n) is 9.60. The van der Waals surface area contributed by atoms with Gasteiger partial charge in [0.05, 0.1) is 52.8 Å². The standard InChI is InChI=1S/C22H24O10/c1-25-15-7-5-13(11-17(15)27-3)19(23)31-21-22(30-10-9-29-21)32-20(24)14-6-8-16(26-2)18(12-14)28-4/h5-8,11-12,21-22H,9-10H2,1-4H3/t21-,22+. The summed E-state index contributed by atoms with van der Waals surface area (Å²) in [6, 6.07) is 9.10. The highest BCUT2D eigenvalue weighted by atomic mass is 16.8. The van der Waals surface area contributed by atoms with Crippen molar-refractivity contribution in [3.63, 3.8) is 0 Å². The largest absolute Gasteiger partial charge is 0.493 e. The monoisotopic (exact) mass is 448 g/mol. The Hall–Kier alpha value is -3.50. The van der Waals surface area contributed by atoms with Crippen molar-refractivity contribution in [1.82, 2.24) is 0 Å². The number of benzene rings is 2. The van der Waals surface area contributed by atoms with Crippen LogP contribution in [0.1, 0.15) is 20.7 Å². The van der Waals surface area contributed by atoms with Gasteiger partial charge in [0, 0.05) is 0 Å². The summed E-state index contributed by atoms with van der Waals surface area (Å²) in [5.41, 5.74) is 0.392. The van der Waals surface area contributed by atoms with Crippen molar-refractivity contribution >= 4 is 11.9 Å². The highest BCUT2D eigenvalue weighted by molar-refractivity contribution is 5.91. The Morgan fingerprint density at radius 3 is 1.38 bits per heavy atom. The predicted octanol–water partition coefficient (Wildman–Crippen LogP) is 2.43. The molecule has 0 N–H and O–H groups in total. The topological polar surface area (TPSA) is 108 Å². The van der Waals surface area contributed by atoms with Gasteiger partial charge in [-0.25, -0.2) is 9.59 Å². The molecule has 2 aromatic carbocycles. The molecule has 0 aliphatic carbocycles. The summed E-state index contributed by atoms with van der Waals surface area (Å²) >= 11 is 0. The van der Waals surface area contributed by atoms with Crippen LogP contribution >= 0.6 is 0 Å². The van der Waals surface area contributed by atoms with Gasteiger partial charge in [-0.05, 0) is 36.4 Å².